The van der Waals surface area contributed by atoms with Gasteiger partial charge in [0.1, 0.15) is 5.70 Å². The van der Waals surface area contributed by atoms with Crippen LogP contribution < -0.4 is 5.14 Å². The normalized spacial score (nSPS) is 26.0. The van der Waals surface area contributed by atoms with Crippen molar-refractivity contribution in [3.8, 4) is 0 Å². The van der Waals surface area contributed by atoms with Crippen LogP contribution in [0.5, 0.6) is 0 Å². The molecule has 0 saturated carbocycles. The highest BCUT2D eigenvalue weighted by atomic mass is 32.2. The van der Waals surface area contributed by atoms with Gasteiger partial charge in [0, 0.05) is 5.75 Å². The number of β-lactam (4-membered cyclic amide) rings is 1. The van der Waals surface area contributed by atoms with E-state index in [0.717, 1.165) is 16.8 Å². The van der Waals surface area contributed by atoms with Gasteiger partial charge >= 0.3 is 5.97 Å². The van der Waals surface area contributed by atoms with E-state index in [4.69, 9.17) is 5.14 Å². The standard InChI is InChI=1S/C12H18N2O6S2/c1-6(15)9-8-4-7(5-22(19,20)3-2-21-13)10(12(17)18)14(8)11(9)16/h6,8-9,15H,2-5,13H2,1H3,(H,17,18). The Kier molecular flexibility index (Phi) is 4.85. The van der Waals surface area contributed by atoms with E-state index in [1.54, 1.807) is 0 Å². The molecule has 2 heterocycles. The summed E-state index contributed by atoms with van der Waals surface area (Å²) in [5, 5.41) is 24.1. The molecule has 2 aliphatic rings. The molecular formula is C12H18N2O6S2. The quantitative estimate of drug-likeness (QED) is 0.391. The van der Waals surface area contributed by atoms with Crippen molar-refractivity contribution in [2.24, 2.45) is 11.1 Å². The van der Waals surface area contributed by atoms with Crippen LogP contribution in [-0.4, -0.2) is 64.8 Å². The van der Waals surface area contributed by atoms with E-state index in [2.05, 4.69) is 0 Å². The highest BCUT2D eigenvalue weighted by molar-refractivity contribution is 7.98. The van der Waals surface area contributed by atoms with Crippen LogP contribution in [0.3, 0.4) is 0 Å². The first-order valence-corrected chi connectivity index (χ1v) is 9.55. The molecule has 1 saturated heterocycles. The van der Waals surface area contributed by atoms with Gasteiger partial charge in [-0.05, 0) is 18.9 Å². The Morgan fingerprint density at radius 2 is 2.18 bits per heavy atom. The summed E-state index contributed by atoms with van der Waals surface area (Å²) in [6, 6.07) is -0.465. The second-order valence-electron chi connectivity index (χ2n) is 5.47. The van der Waals surface area contributed by atoms with Crippen LogP contribution >= 0.6 is 11.9 Å². The lowest BCUT2D eigenvalue weighted by molar-refractivity contribution is -0.161. The first-order chi connectivity index (χ1) is 10.2. The van der Waals surface area contributed by atoms with Gasteiger partial charge in [-0.2, -0.15) is 0 Å². The fourth-order valence-electron chi connectivity index (χ4n) is 3.00. The van der Waals surface area contributed by atoms with E-state index >= 15 is 0 Å². The third-order valence-corrected chi connectivity index (χ3v) is 6.24. The lowest BCUT2D eigenvalue weighted by Gasteiger charge is -2.44. The van der Waals surface area contributed by atoms with Crippen LogP contribution in [0.15, 0.2) is 11.3 Å². The van der Waals surface area contributed by atoms with E-state index in [-0.39, 0.29) is 29.2 Å². The van der Waals surface area contributed by atoms with E-state index < -0.39 is 45.5 Å². The molecule has 8 nitrogen and oxygen atoms in total. The molecule has 0 aliphatic carbocycles. The van der Waals surface area contributed by atoms with Crippen molar-refractivity contribution in [2.45, 2.75) is 25.5 Å². The summed E-state index contributed by atoms with van der Waals surface area (Å²) in [5.74, 6) is -2.79. The summed E-state index contributed by atoms with van der Waals surface area (Å²) in [6.07, 6.45) is -0.730. The lowest BCUT2D eigenvalue weighted by atomic mass is 9.83. The number of carbonyl (C=O) groups is 2. The molecule has 0 aromatic rings. The van der Waals surface area contributed by atoms with Crippen molar-refractivity contribution < 1.29 is 28.2 Å². The minimum absolute atomic E-state index is 0.150. The fourth-order valence-corrected chi connectivity index (χ4v) is 5.33. The third kappa shape index (κ3) is 3.00. The van der Waals surface area contributed by atoms with E-state index in [1.165, 1.54) is 6.92 Å². The largest absolute Gasteiger partial charge is 0.477 e. The molecule has 0 aromatic heterocycles. The van der Waals surface area contributed by atoms with Crippen LogP contribution in [0.2, 0.25) is 0 Å². The van der Waals surface area contributed by atoms with Crippen molar-refractivity contribution >= 4 is 33.7 Å². The summed E-state index contributed by atoms with van der Waals surface area (Å²) < 4.78 is 24.0. The maximum absolute atomic E-state index is 12.0. The van der Waals surface area contributed by atoms with Crippen molar-refractivity contribution in [3.63, 3.8) is 0 Å². The monoisotopic (exact) mass is 350 g/mol. The first-order valence-electron chi connectivity index (χ1n) is 6.68. The SMILES string of the molecule is CC(O)C1C(=O)N2C(C(=O)O)=C(CS(=O)(=O)CCSN)CC12. The molecule has 1 amide bonds. The van der Waals surface area contributed by atoms with Gasteiger partial charge < -0.3 is 15.1 Å². The number of carbonyl (C=O) groups excluding carboxylic acids is 1. The Labute approximate surface area is 132 Å². The highest BCUT2D eigenvalue weighted by Gasteiger charge is 2.56. The number of fused-ring (bicyclic) bond motifs is 1. The number of rotatable bonds is 7. The molecule has 0 bridgehead atoms. The zero-order chi connectivity index (χ0) is 16.7. The Balaban J connectivity index is 2.24. The molecule has 4 N–H and O–H groups in total. The molecule has 0 spiro atoms. The minimum Gasteiger partial charge on any atom is -0.477 e. The maximum Gasteiger partial charge on any atom is 0.352 e. The number of carboxylic acids is 1. The van der Waals surface area contributed by atoms with Crippen LogP contribution in [0.25, 0.3) is 0 Å². The number of carboxylic acid groups (broad SMARTS) is 1. The van der Waals surface area contributed by atoms with Crippen LogP contribution in [-0.2, 0) is 19.4 Å². The van der Waals surface area contributed by atoms with Crippen molar-refractivity contribution in [1.82, 2.24) is 4.90 Å². The Hall–Kier alpha value is -1.10. The highest BCUT2D eigenvalue weighted by Crippen LogP contribution is 2.43. The number of aliphatic hydroxyl groups excluding tert-OH is 1. The Morgan fingerprint density at radius 3 is 2.68 bits per heavy atom. The molecule has 0 aromatic carbocycles. The molecular weight excluding hydrogens is 332 g/mol. The predicted octanol–water partition coefficient (Wildman–Crippen LogP) is -1.04. The van der Waals surface area contributed by atoms with Gasteiger partial charge in [0.25, 0.3) is 0 Å². The molecule has 0 radical (unpaired) electrons. The van der Waals surface area contributed by atoms with E-state index in [1.807, 2.05) is 0 Å². The zero-order valence-electron chi connectivity index (χ0n) is 11.9. The van der Waals surface area contributed by atoms with Gasteiger partial charge in [-0.25, -0.2) is 13.2 Å². The summed E-state index contributed by atoms with van der Waals surface area (Å²) in [5.41, 5.74) is -0.0353. The number of hydrogen-bond acceptors (Lipinski definition) is 7. The van der Waals surface area contributed by atoms with E-state index in [9.17, 15) is 28.2 Å². The van der Waals surface area contributed by atoms with Gasteiger partial charge in [0.05, 0.1) is 29.6 Å². The number of aliphatic carboxylic acids is 1. The average Bonchev–Trinajstić information content (AvgIpc) is 2.70. The lowest BCUT2D eigenvalue weighted by Crippen LogP contribution is -2.61. The average molecular weight is 350 g/mol. The van der Waals surface area contributed by atoms with Gasteiger partial charge in [-0.1, -0.05) is 11.9 Å². The molecule has 2 aliphatic heterocycles. The number of hydrogen-bond donors (Lipinski definition) is 3. The summed E-state index contributed by atoms with van der Waals surface area (Å²) >= 11 is 0.902. The van der Waals surface area contributed by atoms with Crippen molar-refractivity contribution in [1.29, 1.82) is 0 Å². The fraction of sp³-hybridized carbons (Fsp3) is 0.667. The second kappa shape index (κ2) is 6.19. The predicted molar refractivity (Wildman–Crippen MR) is 80.4 cm³/mol. The van der Waals surface area contributed by atoms with Gasteiger partial charge in [-0.15, -0.1) is 0 Å². The van der Waals surface area contributed by atoms with Gasteiger partial charge in [-0.3, -0.25) is 9.93 Å². The minimum atomic E-state index is -3.49. The molecule has 3 unspecified atom stereocenters. The molecule has 3 atom stereocenters. The van der Waals surface area contributed by atoms with Gasteiger partial charge in [0.2, 0.25) is 5.91 Å². The number of sulfone groups is 1. The second-order valence-corrected chi connectivity index (χ2v) is 8.39. The summed E-state index contributed by atoms with van der Waals surface area (Å²) in [7, 11) is -3.49. The van der Waals surface area contributed by atoms with Crippen molar-refractivity contribution in [3.05, 3.63) is 11.3 Å². The maximum atomic E-state index is 12.0. The van der Waals surface area contributed by atoms with E-state index in [0.29, 0.717) is 0 Å². The number of amides is 1. The number of aliphatic hydroxyl groups is 1. The third-order valence-electron chi connectivity index (χ3n) is 3.93. The first kappa shape index (κ1) is 17.3. The number of nitrogens with zero attached hydrogens (tertiary/aromatic N) is 1. The van der Waals surface area contributed by atoms with Crippen LogP contribution in [0.1, 0.15) is 13.3 Å². The van der Waals surface area contributed by atoms with Crippen LogP contribution in [0, 0.1) is 5.92 Å². The topological polar surface area (TPSA) is 138 Å². The Bertz CT molecular complexity index is 628. The molecule has 22 heavy (non-hydrogen) atoms. The zero-order valence-corrected chi connectivity index (χ0v) is 13.6. The van der Waals surface area contributed by atoms with Crippen molar-refractivity contribution in [2.75, 3.05) is 17.3 Å². The molecule has 124 valence electrons. The van der Waals surface area contributed by atoms with Crippen LogP contribution in [0.4, 0.5) is 0 Å². The molecule has 1 fully saturated rings. The molecule has 10 heteroatoms. The summed E-state index contributed by atoms with van der Waals surface area (Å²) in [4.78, 5) is 24.5. The summed E-state index contributed by atoms with van der Waals surface area (Å²) in [6.45, 7) is 1.47. The smallest absolute Gasteiger partial charge is 0.352 e. The number of nitrogens with two attached hydrogens (primary N) is 1. The molecule has 2 rings (SSSR count). The van der Waals surface area contributed by atoms with Gasteiger partial charge in [0.15, 0.2) is 9.84 Å². The Morgan fingerprint density at radius 1 is 1.55 bits per heavy atom.